The minimum atomic E-state index is 0.497. The Kier molecular flexibility index (Phi) is 3.80. The molecular formula is C14H17ClN4. The fraction of sp³-hybridized carbons (Fsp3) is 0.429. The van der Waals surface area contributed by atoms with Crippen LogP contribution in [-0.2, 0) is 6.42 Å². The third kappa shape index (κ3) is 3.14. The van der Waals surface area contributed by atoms with Gasteiger partial charge >= 0.3 is 0 Å². The van der Waals surface area contributed by atoms with Crippen LogP contribution in [0.1, 0.15) is 36.0 Å². The number of hydrogen-bond acceptors (Lipinski definition) is 3. The molecule has 0 unspecified atom stereocenters. The van der Waals surface area contributed by atoms with Crippen molar-refractivity contribution in [3.05, 3.63) is 46.5 Å². The van der Waals surface area contributed by atoms with Crippen molar-refractivity contribution < 1.29 is 0 Å². The van der Waals surface area contributed by atoms with Crippen LogP contribution in [0.15, 0.2) is 24.3 Å². The number of rotatable bonds is 3. The van der Waals surface area contributed by atoms with Gasteiger partial charge in [0.2, 0.25) is 0 Å². The first-order valence-corrected chi connectivity index (χ1v) is 7.05. The molecule has 1 fully saturated rings. The molecule has 2 heterocycles. The number of benzene rings is 1. The fourth-order valence-corrected chi connectivity index (χ4v) is 2.57. The maximum atomic E-state index is 5.88. The molecule has 1 aromatic carbocycles. The van der Waals surface area contributed by atoms with Gasteiger partial charge < -0.3 is 5.32 Å². The molecule has 4 nitrogen and oxygen atoms in total. The summed E-state index contributed by atoms with van der Waals surface area (Å²) >= 11 is 5.88. The first-order valence-electron chi connectivity index (χ1n) is 6.67. The van der Waals surface area contributed by atoms with Crippen LogP contribution in [0.5, 0.6) is 0 Å². The van der Waals surface area contributed by atoms with Gasteiger partial charge in [-0.15, -0.1) is 0 Å². The Hall–Kier alpha value is -1.39. The topological polar surface area (TPSA) is 53.6 Å². The second kappa shape index (κ2) is 5.72. The van der Waals surface area contributed by atoms with Crippen LogP contribution in [-0.4, -0.2) is 28.3 Å². The summed E-state index contributed by atoms with van der Waals surface area (Å²) in [4.78, 5) is 4.62. The number of halogens is 1. The Morgan fingerprint density at radius 3 is 2.63 bits per heavy atom. The maximum absolute atomic E-state index is 5.88. The van der Waals surface area contributed by atoms with E-state index in [2.05, 4.69) is 20.5 Å². The lowest BCUT2D eigenvalue weighted by Crippen LogP contribution is -2.27. The van der Waals surface area contributed by atoms with Gasteiger partial charge in [0.05, 0.1) is 0 Å². The summed E-state index contributed by atoms with van der Waals surface area (Å²) in [5, 5.41) is 11.5. The minimum absolute atomic E-state index is 0.497. The molecule has 0 spiro atoms. The van der Waals surface area contributed by atoms with E-state index in [1.54, 1.807) is 0 Å². The lowest BCUT2D eigenvalue weighted by Gasteiger charge is -2.19. The Bertz CT molecular complexity index is 529. The van der Waals surface area contributed by atoms with Crippen LogP contribution in [0, 0.1) is 0 Å². The summed E-state index contributed by atoms with van der Waals surface area (Å²) in [6.07, 6.45) is 3.02. The molecule has 2 N–H and O–H groups in total. The number of H-pyrrole nitrogens is 1. The van der Waals surface area contributed by atoms with E-state index < -0.39 is 0 Å². The van der Waals surface area contributed by atoms with Gasteiger partial charge in [-0.05, 0) is 43.6 Å². The van der Waals surface area contributed by atoms with Gasteiger partial charge in [-0.2, -0.15) is 5.10 Å². The number of aromatic amines is 1. The average Bonchev–Trinajstić information content (AvgIpc) is 2.91. The summed E-state index contributed by atoms with van der Waals surface area (Å²) in [6, 6.07) is 7.85. The smallest absolute Gasteiger partial charge is 0.153 e. The summed E-state index contributed by atoms with van der Waals surface area (Å²) < 4.78 is 0. The molecule has 100 valence electrons. The highest BCUT2D eigenvalue weighted by molar-refractivity contribution is 6.30. The molecule has 1 aliphatic rings. The van der Waals surface area contributed by atoms with E-state index in [4.69, 9.17) is 11.6 Å². The standard InChI is InChI=1S/C14H17ClN4/c15-12-3-1-10(2-4-12)9-13-17-14(19-18-13)11-5-7-16-8-6-11/h1-4,11,16H,5-9H2,(H,17,18,19). The zero-order valence-corrected chi connectivity index (χ0v) is 11.5. The first kappa shape index (κ1) is 12.6. The van der Waals surface area contributed by atoms with Crippen LogP contribution in [0.25, 0.3) is 0 Å². The van der Waals surface area contributed by atoms with Gasteiger partial charge in [0, 0.05) is 17.4 Å². The van der Waals surface area contributed by atoms with Gasteiger partial charge in [-0.25, -0.2) is 4.98 Å². The minimum Gasteiger partial charge on any atom is -0.317 e. The molecule has 0 bridgehead atoms. The number of aromatic nitrogens is 3. The van der Waals surface area contributed by atoms with Gasteiger partial charge in [0.15, 0.2) is 5.82 Å². The maximum Gasteiger partial charge on any atom is 0.153 e. The third-order valence-electron chi connectivity index (χ3n) is 3.54. The van der Waals surface area contributed by atoms with Gasteiger partial charge in [-0.3, -0.25) is 5.10 Å². The van der Waals surface area contributed by atoms with Crippen LogP contribution in [0.4, 0.5) is 0 Å². The molecule has 0 aliphatic carbocycles. The second-order valence-electron chi connectivity index (χ2n) is 4.97. The van der Waals surface area contributed by atoms with Crippen LogP contribution in [0.2, 0.25) is 5.02 Å². The monoisotopic (exact) mass is 276 g/mol. The number of hydrogen-bond donors (Lipinski definition) is 2. The molecule has 19 heavy (non-hydrogen) atoms. The summed E-state index contributed by atoms with van der Waals surface area (Å²) in [6.45, 7) is 2.12. The molecule has 5 heteroatoms. The highest BCUT2D eigenvalue weighted by Gasteiger charge is 2.19. The van der Waals surface area contributed by atoms with Crippen molar-refractivity contribution in [2.45, 2.75) is 25.2 Å². The number of nitrogens with one attached hydrogen (secondary N) is 2. The van der Waals surface area contributed by atoms with Crippen molar-refractivity contribution in [1.82, 2.24) is 20.5 Å². The summed E-state index contributed by atoms with van der Waals surface area (Å²) in [5.41, 5.74) is 1.19. The molecule has 0 amide bonds. The van der Waals surface area contributed by atoms with Crippen LogP contribution in [0.3, 0.4) is 0 Å². The largest absolute Gasteiger partial charge is 0.317 e. The SMILES string of the molecule is Clc1ccc(Cc2nc(C3CCNCC3)n[nH]2)cc1. The molecule has 0 atom stereocenters. The molecule has 1 aromatic heterocycles. The predicted octanol–water partition coefficient (Wildman–Crippen LogP) is 2.52. The second-order valence-corrected chi connectivity index (χ2v) is 5.40. The normalized spacial score (nSPS) is 16.7. The van der Waals surface area contributed by atoms with Crippen molar-refractivity contribution in [3.63, 3.8) is 0 Å². The van der Waals surface area contributed by atoms with Crippen molar-refractivity contribution in [1.29, 1.82) is 0 Å². The molecule has 0 radical (unpaired) electrons. The zero-order valence-electron chi connectivity index (χ0n) is 10.7. The Labute approximate surface area is 117 Å². The third-order valence-corrected chi connectivity index (χ3v) is 3.79. The van der Waals surface area contributed by atoms with E-state index in [1.807, 2.05) is 24.3 Å². The summed E-state index contributed by atoms with van der Waals surface area (Å²) in [5.74, 6) is 2.39. The van der Waals surface area contributed by atoms with Gasteiger partial charge in [-0.1, -0.05) is 23.7 Å². The van der Waals surface area contributed by atoms with Crippen molar-refractivity contribution in [3.8, 4) is 0 Å². The van der Waals surface area contributed by atoms with E-state index in [0.29, 0.717) is 5.92 Å². The number of piperidine rings is 1. The van der Waals surface area contributed by atoms with E-state index in [0.717, 1.165) is 49.0 Å². The predicted molar refractivity (Wildman–Crippen MR) is 75.5 cm³/mol. The van der Waals surface area contributed by atoms with E-state index in [1.165, 1.54) is 5.56 Å². The lowest BCUT2D eigenvalue weighted by molar-refractivity contribution is 0.446. The Balaban J connectivity index is 1.68. The van der Waals surface area contributed by atoms with Crippen molar-refractivity contribution in [2.75, 3.05) is 13.1 Å². The van der Waals surface area contributed by atoms with Crippen molar-refractivity contribution >= 4 is 11.6 Å². The molecule has 2 aromatic rings. The molecule has 3 rings (SSSR count). The first-order chi connectivity index (χ1) is 9.31. The Morgan fingerprint density at radius 1 is 1.16 bits per heavy atom. The fourth-order valence-electron chi connectivity index (χ4n) is 2.45. The van der Waals surface area contributed by atoms with Gasteiger partial charge in [0.25, 0.3) is 0 Å². The summed E-state index contributed by atoms with van der Waals surface area (Å²) in [7, 11) is 0. The Morgan fingerprint density at radius 2 is 1.89 bits per heavy atom. The quantitative estimate of drug-likeness (QED) is 0.906. The highest BCUT2D eigenvalue weighted by Crippen LogP contribution is 2.22. The molecular weight excluding hydrogens is 260 g/mol. The molecule has 1 saturated heterocycles. The average molecular weight is 277 g/mol. The number of nitrogens with zero attached hydrogens (tertiary/aromatic N) is 2. The van der Waals surface area contributed by atoms with Gasteiger partial charge in [0.1, 0.15) is 5.82 Å². The molecule has 1 aliphatic heterocycles. The van der Waals surface area contributed by atoms with Crippen molar-refractivity contribution in [2.24, 2.45) is 0 Å². The van der Waals surface area contributed by atoms with Crippen LogP contribution >= 0.6 is 11.6 Å². The zero-order chi connectivity index (χ0) is 13.1. The van der Waals surface area contributed by atoms with E-state index in [-0.39, 0.29) is 0 Å². The van der Waals surface area contributed by atoms with Crippen LogP contribution < -0.4 is 5.32 Å². The lowest BCUT2D eigenvalue weighted by atomic mass is 9.98. The van der Waals surface area contributed by atoms with E-state index >= 15 is 0 Å². The highest BCUT2D eigenvalue weighted by atomic mass is 35.5. The molecule has 0 saturated carbocycles. The van der Waals surface area contributed by atoms with E-state index in [9.17, 15) is 0 Å².